The summed E-state index contributed by atoms with van der Waals surface area (Å²) in [4.78, 5) is 11.7. The third-order valence-corrected chi connectivity index (χ3v) is 2.91. The molecule has 0 radical (unpaired) electrons. The van der Waals surface area contributed by atoms with Crippen LogP contribution >= 0.6 is 0 Å². The third-order valence-electron chi connectivity index (χ3n) is 2.91. The summed E-state index contributed by atoms with van der Waals surface area (Å²) in [5.74, 6) is 0.590. The SMILES string of the molecule is Cc1ccccc1C=CC(=O)NCc1cnoc1C. The van der Waals surface area contributed by atoms with Crippen LogP contribution in [0.15, 0.2) is 41.1 Å². The quantitative estimate of drug-likeness (QED) is 0.855. The second-order valence-electron chi connectivity index (χ2n) is 4.31. The topological polar surface area (TPSA) is 55.1 Å². The number of nitrogens with zero attached hydrogens (tertiary/aromatic N) is 1. The zero-order chi connectivity index (χ0) is 13.7. The Kier molecular flexibility index (Phi) is 4.13. The maximum absolute atomic E-state index is 11.7. The van der Waals surface area contributed by atoms with Crippen molar-refractivity contribution in [1.82, 2.24) is 10.5 Å². The molecule has 0 unspecified atom stereocenters. The Bertz CT molecular complexity index is 600. The molecule has 0 bridgehead atoms. The van der Waals surface area contributed by atoms with Crippen molar-refractivity contribution >= 4 is 12.0 Å². The number of hydrogen-bond acceptors (Lipinski definition) is 3. The Labute approximate surface area is 112 Å². The first kappa shape index (κ1) is 13.1. The summed E-state index contributed by atoms with van der Waals surface area (Å²) < 4.78 is 4.92. The van der Waals surface area contributed by atoms with E-state index in [-0.39, 0.29) is 5.91 Å². The standard InChI is InChI=1S/C15H16N2O2/c1-11-5-3-4-6-13(11)7-8-15(18)16-9-14-10-17-19-12(14)2/h3-8,10H,9H2,1-2H3,(H,16,18). The van der Waals surface area contributed by atoms with Crippen LogP contribution in [0.5, 0.6) is 0 Å². The number of hydrogen-bond donors (Lipinski definition) is 1. The van der Waals surface area contributed by atoms with E-state index < -0.39 is 0 Å². The van der Waals surface area contributed by atoms with Gasteiger partial charge < -0.3 is 9.84 Å². The van der Waals surface area contributed by atoms with Gasteiger partial charge in [-0.1, -0.05) is 29.4 Å². The van der Waals surface area contributed by atoms with Crippen molar-refractivity contribution in [2.75, 3.05) is 0 Å². The molecule has 4 nitrogen and oxygen atoms in total. The van der Waals surface area contributed by atoms with E-state index in [0.29, 0.717) is 6.54 Å². The molecular weight excluding hydrogens is 240 g/mol. The molecule has 1 heterocycles. The van der Waals surface area contributed by atoms with Crippen LogP contribution in [0.2, 0.25) is 0 Å². The number of aryl methyl sites for hydroxylation is 2. The van der Waals surface area contributed by atoms with Gasteiger partial charge in [-0.2, -0.15) is 0 Å². The lowest BCUT2D eigenvalue weighted by Crippen LogP contribution is -2.20. The molecule has 0 aliphatic rings. The Balaban J connectivity index is 1.91. The minimum Gasteiger partial charge on any atom is -0.361 e. The van der Waals surface area contributed by atoms with Crippen LogP contribution in [-0.4, -0.2) is 11.1 Å². The molecule has 4 heteroatoms. The third kappa shape index (κ3) is 3.55. The van der Waals surface area contributed by atoms with Gasteiger partial charge in [0.25, 0.3) is 0 Å². The Morgan fingerprint density at radius 1 is 1.37 bits per heavy atom. The molecule has 1 aromatic heterocycles. The largest absolute Gasteiger partial charge is 0.361 e. The first-order valence-corrected chi connectivity index (χ1v) is 6.08. The molecular formula is C15H16N2O2. The number of rotatable bonds is 4. The fraction of sp³-hybridized carbons (Fsp3) is 0.200. The van der Waals surface area contributed by atoms with E-state index in [1.54, 1.807) is 6.20 Å². The van der Waals surface area contributed by atoms with Gasteiger partial charge in [0, 0.05) is 18.2 Å². The van der Waals surface area contributed by atoms with Crippen molar-refractivity contribution in [3.05, 3.63) is 59.0 Å². The maximum atomic E-state index is 11.7. The molecule has 0 saturated heterocycles. The lowest BCUT2D eigenvalue weighted by Gasteiger charge is -2.01. The summed E-state index contributed by atoms with van der Waals surface area (Å²) in [5.41, 5.74) is 3.07. The normalized spacial score (nSPS) is 10.8. The van der Waals surface area contributed by atoms with Crippen molar-refractivity contribution in [1.29, 1.82) is 0 Å². The number of amides is 1. The lowest BCUT2D eigenvalue weighted by atomic mass is 10.1. The zero-order valence-electron chi connectivity index (χ0n) is 11.0. The average Bonchev–Trinajstić information content (AvgIpc) is 2.81. The van der Waals surface area contributed by atoms with Crippen LogP contribution in [0, 0.1) is 13.8 Å². The molecule has 1 N–H and O–H groups in total. The minimum absolute atomic E-state index is 0.135. The average molecular weight is 256 g/mol. The molecule has 1 amide bonds. The number of benzene rings is 1. The monoisotopic (exact) mass is 256 g/mol. The summed E-state index contributed by atoms with van der Waals surface area (Å²) in [6.45, 7) is 4.25. The second kappa shape index (κ2) is 6.00. The molecule has 0 aliphatic heterocycles. The van der Waals surface area contributed by atoms with Gasteiger partial charge in [-0.25, -0.2) is 0 Å². The van der Waals surface area contributed by atoms with E-state index in [1.165, 1.54) is 6.08 Å². The van der Waals surface area contributed by atoms with E-state index in [9.17, 15) is 4.79 Å². The van der Waals surface area contributed by atoms with Gasteiger partial charge in [-0.05, 0) is 31.1 Å². The summed E-state index contributed by atoms with van der Waals surface area (Å²) in [6, 6.07) is 7.91. The number of nitrogens with one attached hydrogen (secondary N) is 1. The van der Waals surface area contributed by atoms with Crippen molar-refractivity contribution in [2.24, 2.45) is 0 Å². The number of carbonyl (C=O) groups is 1. The van der Waals surface area contributed by atoms with Crippen LogP contribution in [0.4, 0.5) is 0 Å². The van der Waals surface area contributed by atoms with Crippen LogP contribution in [0.1, 0.15) is 22.5 Å². The first-order chi connectivity index (χ1) is 9.16. The molecule has 98 valence electrons. The van der Waals surface area contributed by atoms with E-state index in [1.807, 2.05) is 44.2 Å². The highest BCUT2D eigenvalue weighted by atomic mass is 16.5. The van der Waals surface area contributed by atoms with Crippen molar-refractivity contribution < 1.29 is 9.32 Å². The van der Waals surface area contributed by atoms with Gasteiger partial charge in [-0.15, -0.1) is 0 Å². The minimum atomic E-state index is -0.135. The van der Waals surface area contributed by atoms with Gasteiger partial charge in [0.2, 0.25) is 5.91 Å². The summed E-state index contributed by atoms with van der Waals surface area (Å²) >= 11 is 0. The molecule has 0 atom stereocenters. The molecule has 0 fully saturated rings. The molecule has 1 aromatic carbocycles. The highest BCUT2D eigenvalue weighted by molar-refractivity contribution is 5.91. The van der Waals surface area contributed by atoms with Gasteiger partial charge in [0.05, 0.1) is 6.20 Å². The lowest BCUT2D eigenvalue weighted by molar-refractivity contribution is -0.116. The molecule has 19 heavy (non-hydrogen) atoms. The van der Waals surface area contributed by atoms with Crippen LogP contribution in [0.25, 0.3) is 6.08 Å². The Morgan fingerprint density at radius 2 is 2.16 bits per heavy atom. The summed E-state index contributed by atoms with van der Waals surface area (Å²) in [6.07, 6.45) is 4.96. The predicted molar refractivity (Wildman–Crippen MR) is 73.3 cm³/mol. The Hall–Kier alpha value is -2.36. The fourth-order valence-electron chi connectivity index (χ4n) is 1.67. The summed E-state index contributed by atoms with van der Waals surface area (Å²) in [7, 11) is 0. The van der Waals surface area contributed by atoms with Gasteiger partial charge in [-0.3, -0.25) is 4.79 Å². The smallest absolute Gasteiger partial charge is 0.244 e. The fourth-order valence-corrected chi connectivity index (χ4v) is 1.67. The van der Waals surface area contributed by atoms with Crippen LogP contribution in [-0.2, 0) is 11.3 Å². The van der Waals surface area contributed by atoms with Gasteiger partial charge >= 0.3 is 0 Å². The van der Waals surface area contributed by atoms with E-state index in [2.05, 4.69) is 10.5 Å². The van der Waals surface area contributed by atoms with E-state index >= 15 is 0 Å². The van der Waals surface area contributed by atoms with Crippen LogP contribution in [0.3, 0.4) is 0 Å². The van der Waals surface area contributed by atoms with E-state index in [0.717, 1.165) is 22.5 Å². The number of aromatic nitrogens is 1. The summed E-state index contributed by atoms with van der Waals surface area (Å²) in [5, 5.41) is 6.45. The van der Waals surface area contributed by atoms with Crippen molar-refractivity contribution in [2.45, 2.75) is 20.4 Å². The molecule has 2 aromatic rings. The van der Waals surface area contributed by atoms with Crippen molar-refractivity contribution in [3.8, 4) is 0 Å². The predicted octanol–water partition coefficient (Wildman–Crippen LogP) is 2.62. The van der Waals surface area contributed by atoms with E-state index in [4.69, 9.17) is 4.52 Å². The van der Waals surface area contributed by atoms with Crippen LogP contribution < -0.4 is 5.32 Å². The molecule has 0 saturated carbocycles. The first-order valence-electron chi connectivity index (χ1n) is 6.08. The van der Waals surface area contributed by atoms with Gasteiger partial charge in [0.15, 0.2) is 0 Å². The zero-order valence-corrected chi connectivity index (χ0v) is 11.0. The number of carbonyl (C=O) groups excluding carboxylic acids is 1. The van der Waals surface area contributed by atoms with Gasteiger partial charge in [0.1, 0.15) is 5.76 Å². The highest BCUT2D eigenvalue weighted by Gasteiger charge is 2.03. The Morgan fingerprint density at radius 3 is 2.84 bits per heavy atom. The maximum Gasteiger partial charge on any atom is 0.244 e. The van der Waals surface area contributed by atoms with Crippen molar-refractivity contribution in [3.63, 3.8) is 0 Å². The molecule has 0 aliphatic carbocycles. The molecule has 0 spiro atoms. The second-order valence-corrected chi connectivity index (χ2v) is 4.31. The molecule has 2 rings (SSSR count). The highest BCUT2D eigenvalue weighted by Crippen LogP contribution is 2.09.